The number of esters is 1. The first-order valence-electron chi connectivity index (χ1n) is 8.62. The number of aryl methyl sites for hydroxylation is 1. The van der Waals surface area contributed by atoms with E-state index in [2.05, 4.69) is 20.2 Å². The number of carbonyl (C=O) groups excluding carboxylic acids is 2. The lowest BCUT2D eigenvalue weighted by Gasteiger charge is -2.07. The maximum absolute atomic E-state index is 13.8. The summed E-state index contributed by atoms with van der Waals surface area (Å²) in [5, 5.41) is 6.38. The molecule has 0 fully saturated rings. The molecule has 0 bridgehead atoms. The van der Waals surface area contributed by atoms with Crippen LogP contribution in [0.2, 0.25) is 0 Å². The first kappa shape index (κ1) is 19.2. The van der Waals surface area contributed by atoms with Crippen molar-refractivity contribution in [1.82, 2.24) is 10.1 Å². The second kappa shape index (κ2) is 8.90. The van der Waals surface area contributed by atoms with Crippen molar-refractivity contribution in [2.45, 2.75) is 19.3 Å². The third-order valence-corrected chi connectivity index (χ3v) is 3.96. The van der Waals surface area contributed by atoms with Gasteiger partial charge in [-0.15, -0.1) is 0 Å². The van der Waals surface area contributed by atoms with Crippen LogP contribution in [-0.2, 0) is 16.0 Å². The van der Waals surface area contributed by atoms with E-state index in [1.165, 1.54) is 19.2 Å². The van der Waals surface area contributed by atoms with Gasteiger partial charge in [-0.25, -0.2) is 9.18 Å². The minimum absolute atomic E-state index is 0.0722. The van der Waals surface area contributed by atoms with Crippen molar-refractivity contribution in [2.24, 2.45) is 0 Å². The molecule has 0 radical (unpaired) electrons. The zero-order valence-electron chi connectivity index (χ0n) is 15.1. The van der Waals surface area contributed by atoms with Crippen LogP contribution in [0.1, 0.15) is 29.1 Å². The van der Waals surface area contributed by atoms with Crippen molar-refractivity contribution in [3.8, 4) is 11.4 Å². The molecule has 1 amide bonds. The fraction of sp³-hybridized carbons (Fsp3) is 0.200. The Kier molecular flexibility index (Phi) is 6.11. The lowest BCUT2D eigenvalue weighted by atomic mass is 10.1. The number of carbonyl (C=O) groups is 2. The van der Waals surface area contributed by atoms with Crippen molar-refractivity contribution in [3.63, 3.8) is 0 Å². The van der Waals surface area contributed by atoms with Crippen LogP contribution in [0.25, 0.3) is 11.4 Å². The van der Waals surface area contributed by atoms with Crippen LogP contribution in [0.15, 0.2) is 53.1 Å². The summed E-state index contributed by atoms with van der Waals surface area (Å²) in [7, 11) is 1.23. The number of rotatable bonds is 7. The fourth-order valence-corrected chi connectivity index (χ4v) is 2.54. The average molecular weight is 383 g/mol. The Morgan fingerprint density at radius 2 is 1.96 bits per heavy atom. The van der Waals surface area contributed by atoms with Gasteiger partial charge in [-0.3, -0.25) is 4.79 Å². The molecule has 2 aromatic carbocycles. The van der Waals surface area contributed by atoms with Crippen molar-refractivity contribution in [3.05, 3.63) is 65.8 Å². The number of ether oxygens (including phenoxy) is 1. The SMILES string of the molecule is COC(=O)c1ccc(F)c(NC(=O)CCCc2nc(-c3ccccc3)no2)c1. The molecule has 0 saturated heterocycles. The molecule has 3 aromatic rings. The van der Waals surface area contributed by atoms with Gasteiger partial charge in [0.2, 0.25) is 17.6 Å². The highest BCUT2D eigenvalue weighted by molar-refractivity contribution is 5.94. The summed E-state index contributed by atoms with van der Waals surface area (Å²) in [4.78, 5) is 27.9. The van der Waals surface area contributed by atoms with E-state index < -0.39 is 11.8 Å². The van der Waals surface area contributed by atoms with Crippen LogP contribution in [-0.4, -0.2) is 29.1 Å². The van der Waals surface area contributed by atoms with Crippen molar-refractivity contribution in [1.29, 1.82) is 0 Å². The Hall–Kier alpha value is -3.55. The predicted molar refractivity (Wildman–Crippen MR) is 99.0 cm³/mol. The molecule has 144 valence electrons. The lowest BCUT2D eigenvalue weighted by molar-refractivity contribution is -0.116. The van der Waals surface area contributed by atoms with Crippen LogP contribution >= 0.6 is 0 Å². The normalized spacial score (nSPS) is 10.5. The molecule has 28 heavy (non-hydrogen) atoms. The van der Waals surface area contributed by atoms with Crippen LogP contribution in [0, 0.1) is 5.82 Å². The van der Waals surface area contributed by atoms with E-state index in [9.17, 15) is 14.0 Å². The van der Waals surface area contributed by atoms with Gasteiger partial charge < -0.3 is 14.6 Å². The first-order valence-corrected chi connectivity index (χ1v) is 8.62. The fourth-order valence-electron chi connectivity index (χ4n) is 2.54. The highest BCUT2D eigenvalue weighted by Crippen LogP contribution is 2.18. The van der Waals surface area contributed by atoms with E-state index in [0.717, 1.165) is 11.6 Å². The molecule has 0 aliphatic heterocycles. The van der Waals surface area contributed by atoms with Gasteiger partial charge in [-0.05, 0) is 24.6 Å². The molecule has 1 N–H and O–H groups in total. The summed E-state index contributed by atoms with van der Waals surface area (Å²) in [5.41, 5.74) is 0.923. The first-order chi connectivity index (χ1) is 13.6. The third kappa shape index (κ3) is 4.79. The van der Waals surface area contributed by atoms with Gasteiger partial charge in [0.1, 0.15) is 5.82 Å². The molecular formula is C20H18FN3O4. The Morgan fingerprint density at radius 3 is 2.71 bits per heavy atom. The maximum Gasteiger partial charge on any atom is 0.337 e. The number of aromatic nitrogens is 2. The smallest absolute Gasteiger partial charge is 0.337 e. The van der Waals surface area contributed by atoms with Crippen LogP contribution in [0.4, 0.5) is 10.1 Å². The summed E-state index contributed by atoms with van der Waals surface area (Å²) in [6.07, 6.45) is 0.990. The monoisotopic (exact) mass is 383 g/mol. The molecule has 0 spiro atoms. The van der Waals surface area contributed by atoms with Gasteiger partial charge in [0.25, 0.3) is 0 Å². The van der Waals surface area contributed by atoms with E-state index in [0.29, 0.717) is 24.6 Å². The number of nitrogens with zero attached hydrogens (tertiary/aromatic N) is 2. The second-order valence-electron chi connectivity index (χ2n) is 5.97. The number of anilines is 1. The van der Waals surface area contributed by atoms with E-state index in [4.69, 9.17) is 4.52 Å². The lowest BCUT2D eigenvalue weighted by Crippen LogP contribution is -2.13. The van der Waals surface area contributed by atoms with Crippen molar-refractivity contribution >= 4 is 17.6 Å². The molecule has 0 atom stereocenters. The zero-order chi connectivity index (χ0) is 19.9. The Morgan fingerprint density at radius 1 is 1.18 bits per heavy atom. The van der Waals surface area contributed by atoms with Crippen LogP contribution in [0.3, 0.4) is 0 Å². The Labute approximate surface area is 160 Å². The highest BCUT2D eigenvalue weighted by Gasteiger charge is 2.13. The topological polar surface area (TPSA) is 94.3 Å². The third-order valence-electron chi connectivity index (χ3n) is 3.96. The summed E-state index contributed by atoms with van der Waals surface area (Å²) in [6, 6.07) is 13.0. The molecule has 1 aromatic heterocycles. The van der Waals surface area contributed by atoms with Gasteiger partial charge in [0.05, 0.1) is 18.4 Å². The standard InChI is InChI=1S/C20H18FN3O4/c1-27-20(26)14-10-11-15(21)16(12-14)22-17(25)8-5-9-18-23-19(24-28-18)13-6-3-2-4-7-13/h2-4,6-7,10-12H,5,8-9H2,1H3,(H,22,25). The van der Waals surface area contributed by atoms with Gasteiger partial charge in [-0.1, -0.05) is 35.5 Å². The molecule has 0 aliphatic carbocycles. The molecule has 0 aliphatic rings. The molecule has 0 unspecified atom stereocenters. The van der Waals surface area contributed by atoms with E-state index in [-0.39, 0.29) is 23.6 Å². The van der Waals surface area contributed by atoms with Crippen molar-refractivity contribution < 1.29 is 23.2 Å². The average Bonchev–Trinajstić information content (AvgIpc) is 3.18. The largest absolute Gasteiger partial charge is 0.465 e. The quantitative estimate of drug-likeness (QED) is 0.626. The Balaban J connectivity index is 1.53. The number of halogens is 1. The van der Waals surface area contributed by atoms with Gasteiger partial charge in [0.15, 0.2) is 0 Å². The molecule has 3 rings (SSSR count). The number of hydrogen-bond donors (Lipinski definition) is 1. The number of methoxy groups -OCH3 is 1. The van der Waals surface area contributed by atoms with Gasteiger partial charge in [-0.2, -0.15) is 4.98 Å². The number of nitrogens with one attached hydrogen (secondary N) is 1. The minimum Gasteiger partial charge on any atom is -0.465 e. The molecular weight excluding hydrogens is 365 g/mol. The van der Waals surface area contributed by atoms with E-state index in [1.807, 2.05) is 30.3 Å². The van der Waals surface area contributed by atoms with Crippen LogP contribution < -0.4 is 5.32 Å². The minimum atomic E-state index is -0.634. The molecule has 1 heterocycles. The van der Waals surface area contributed by atoms with Crippen molar-refractivity contribution in [2.75, 3.05) is 12.4 Å². The maximum atomic E-state index is 13.8. The van der Waals surface area contributed by atoms with E-state index in [1.54, 1.807) is 0 Å². The predicted octanol–water partition coefficient (Wildman–Crippen LogP) is 3.62. The van der Waals surface area contributed by atoms with Crippen LogP contribution in [0.5, 0.6) is 0 Å². The summed E-state index contributed by atoms with van der Waals surface area (Å²) in [6.45, 7) is 0. The number of benzene rings is 2. The zero-order valence-corrected chi connectivity index (χ0v) is 15.1. The molecule has 0 saturated carbocycles. The summed E-state index contributed by atoms with van der Waals surface area (Å²) < 4.78 is 23.6. The number of amides is 1. The summed E-state index contributed by atoms with van der Waals surface area (Å²) in [5.74, 6) is -0.720. The van der Waals surface area contributed by atoms with Gasteiger partial charge in [0, 0.05) is 18.4 Å². The van der Waals surface area contributed by atoms with E-state index >= 15 is 0 Å². The summed E-state index contributed by atoms with van der Waals surface area (Å²) >= 11 is 0. The molecule has 8 heteroatoms. The van der Waals surface area contributed by atoms with Gasteiger partial charge >= 0.3 is 5.97 Å². The Bertz CT molecular complexity index is 973. The molecule has 7 nitrogen and oxygen atoms in total. The second-order valence-corrected chi connectivity index (χ2v) is 5.97. The highest BCUT2D eigenvalue weighted by atomic mass is 19.1. The number of hydrogen-bond acceptors (Lipinski definition) is 6.